The molecular weight excluding hydrogens is 315 g/mol. The monoisotopic (exact) mass is 324 g/mol. The second kappa shape index (κ2) is 5.46. The van der Waals surface area contributed by atoms with E-state index in [2.05, 4.69) is 4.98 Å². The summed E-state index contributed by atoms with van der Waals surface area (Å²) in [5, 5.41) is 2.79. The van der Waals surface area contributed by atoms with Crippen LogP contribution in [0.25, 0.3) is 21.3 Å². The molecule has 4 nitrogen and oxygen atoms in total. The standard InChI is InChI=1S/C14H10ClFN2O2S/c15-9-3-1-8(2-4-9)10-7-21-12-11(10)13(19)18(6-5-16)14(20)17-12/h1-4,7H,5-6H2,(H,17,20). The van der Waals surface area contributed by atoms with E-state index in [1.54, 1.807) is 29.6 Å². The first-order valence-corrected chi connectivity index (χ1v) is 7.44. The van der Waals surface area contributed by atoms with Crippen LogP contribution in [0.1, 0.15) is 0 Å². The maximum Gasteiger partial charge on any atom is 0.329 e. The summed E-state index contributed by atoms with van der Waals surface area (Å²) in [6.07, 6.45) is 0. The van der Waals surface area contributed by atoms with Gasteiger partial charge in [0.05, 0.1) is 11.9 Å². The molecule has 0 aliphatic carbocycles. The Labute approximate surface area is 127 Å². The summed E-state index contributed by atoms with van der Waals surface area (Å²) in [6.45, 7) is -1.02. The number of nitrogens with zero attached hydrogens (tertiary/aromatic N) is 1. The Kier molecular flexibility index (Phi) is 3.65. The summed E-state index contributed by atoms with van der Waals surface area (Å²) in [5.74, 6) is 0. The molecule has 3 rings (SSSR count). The van der Waals surface area contributed by atoms with E-state index in [4.69, 9.17) is 11.6 Å². The molecule has 2 aromatic heterocycles. The number of hydrogen-bond donors (Lipinski definition) is 1. The highest BCUT2D eigenvalue weighted by atomic mass is 35.5. The Morgan fingerprint density at radius 1 is 1.24 bits per heavy atom. The van der Waals surface area contributed by atoms with Crippen LogP contribution < -0.4 is 11.2 Å². The molecule has 0 spiro atoms. The van der Waals surface area contributed by atoms with E-state index in [9.17, 15) is 14.0 Å². The van der Waals surface area contributed by atoms with E-state index in [0.29, 0.717) is 20.8 Å². The van der Waals surface area contributed by atoms with Gasteiger partial charge in [0.25, 0.3) is 5.56 Å². The van der Waals surface area contributed by atoms with E-state index in [1.807, 2.05) is 0 Å². The fraction of sp³-hybridized carbons (Fsp3) is 0.143. The van der Waals surface area contributed by atoms with Gasteiger partial charge in [-0.2, -0.15) is 0 Å². The molecule has 0 unspecified atom stereocenters. The number of hydrogen-bond acceptors (Lipinski definition) is 3. The fourth-order valence-corrected chi connectivity index (χ4v) is 3.26. The van der Waals surface area contributed by atoms with Gasteiger partial charge in [-0.15, -0.1) is 11.3 Å². The Morgan fingerprint density at radius 2 is 1.95 bits per heavy atom. The summed E-state index contributed by atoms with van der Waals surface area (Å²) < 4.78 is 13.4. The van der Waals surface area contributed by atoms with Crippen LogP contribution in [0.3, 0.4) is 0 Å². The molecule has 7 heteroatoms. The van der Waals surface area contributed by atoms with Crippen LogP contribution >= 0.6 is 22.9 Å². The van der Waals surface area contributed by atoms with Gasteiger partial charge in [0.1, 0.15) is 11.5 Å². The first-order chi connectivity index (χ1) is 10.1. The van der Waals surface area contributed by atoms with Crippen molar-refractivity contribution in [3.05, 3.63) is 55.5 Å². The molecular formula is C14H10ClFN2O2S. The first-order valence-electron chi connectivity index (χ1n) is 6.18. The molecule has 0 radical (unpaired) electrons. The highest BCUT2D eigenvalue weighted by Gasteiger charge is 2.14. The molecule has 3 aromatic rings. The van der Waals surface area contributed by atoms with Crippen molar-refractivity contribution in [1.29, 1.82) is 0 Å². The third-order valence-corrected chi connectivity index (χ3v) is 4.33. The van der Waals surface area contributed by atoms with E-state index in [-0.39, 0.29) is 6.54 Å². The van der Waals surface area contributed by atoms with Crippen LogP contribution in [0.4, 0.5) is 4.39 Å². The summed E-state index contributed by atoms with van der Waals surface area (Å²) in [6, 6.07) is 7.06. The summed E-state index contributed by atoms with van der Waals surface area (Å²) >= 11 is 7.13. The predicted octanol–water partition coefficient (Wildman–Crippen LogP) is 3.04. The number of alkyl halides is 1. The zero-order chi connectivity index (χ0) is 15.0. The number of H-pyrrole nitrogens is 1. The van der Waals surface area contributed by atoms with Gasteiger partial charge in [-0.3, -0.25) is 14.3 Å². The SMILES string of the molecule is O=c1[nH]c2scc(-c3ccc(Cl)cc3)c2c(=O)n1CCF. The molecule has 2 heterocycles. The number of aromatic nitrogens is 2. The molecule has 0 saturated carbocycles. The summed E-state index contributed by atoms with van der Waals surface area (Å²) in [7, 11) is 0. The number of fused-ring (bicyclic) bond motifs is 1. The number of nitrogens with one attached hydrogen (secondary N) is 1. The minimum absolute atomic E-state index is 0.250. The van der Waals surface area contributed by atoms with Gasteiger partial charge >= 0.3 is 5.69 Å². The van der Waals surface area contributed by atoms with E-state index >= 15 is 0 Å². The second-order valence-corrected chi connectivity index (χ2v) is 5.75. The largest absolute Gasteiger partial charge is 0.329 e. The highest BCUT2D eigenvalue weighted by molar-refractivity contribution is 7.17. The van der Waals surface area contributed by atoms with Gasteiger partial charge in [0, 0.05) is 16.0 Å². The Morgan fingerprint density at radius 3 is 2.62 bits per heavy atom. The maximum absolute atomic E-state index is 12.5. The van der Waals surface area contributed by atoms with Crippen LogP contribution in [0.5, 0.6) is 0 Å². The van der Waals surface area contributed by atoms with Crippen molar-refractivity contribution in [2.45, 2.75) is 6.54 Å². The molecule has 1 N–H and O–H groups in total. The number of rotatable bonds is 3. The van der Waals surface area contributed by atoms with Crippen molar-refractivity contribution in [3.8, 4) is 11.1 Å². The van der Waals surface area contributed by atoms with Crippen molar-refractivity contribution >= 4 is 33.2 Å². The Bertz CT molecular complexity index is 911. The van der Waals surface area contributed by atoms with Gasteiger partial charge in [0.2, 0.25) is 0 Å². The molecule has 21 heavy (non-hydrogen) atoms. The molecule has 1 aromatic carbocycles. The van der Waals surface area contributed by atoms with Gasteiger partial charge in [-0.25, -0.2) is 9.18 Å². The number of thiophene rings is 1. The van der Waals surface area contributed by atoms with Crippen molar-refractivity contribution < 1.29 is 4.39 Å². The molecule has 0 fully saturated rings. The van der Waals surface area contributed by atoms with Crippen LogP contribution in [0, 0.1) is 0 Å². The van der Waals surface area contributed by atoms with Crippen LogP contribution in [-0.2, 0) is 6.54 Å². The fourth-order valence-electron chi connectivity index (χ4n) is 2.18. The lowest BCUT2D eigenvalue weighted by molar-refractivity contribution is 0.434. The Hall–Kier alpha value is -1.92. The Balaban J connectivity index is 2.30. The normalized spacial score (nSPS) is 11.1. The first kappa shape index (κ1) is 14.0. The quantitative estimate of drug-likeness (QED) is 0.805. The lowest BCUT2D eigenvalue weighted by Crippen LogP contribution is -2.35. The van der Waals surface area contributed by atoms with Crippen molar-refractivity contribution in [3.63, 3.8) is 0 Å². The average Bonchev–Trinajstić information content (AvgIpc) is 2.88. The second-order valence-electron chi connectivity index (χ2n) is 4.44. The van der Waals surface area contributed by atoms with Crippen molar-refractivity contribution in [2.24, 2.45) is 0 Å². The van der Waals surface area contributed by atoms with E-state index in [0.717, 1.165) is 10.1 Å². The molecule has 0 bridgehead atoms. The third kappa shape index (κ3) is 2.41. The minimum Gasteiger partial charge on any atom is -0.298 e. The van der Waals surface area contributed by atoms with Gasteiger partial charge < -0.3 is 0 Å². The minimum atomic E-state index is -0.769. The predicted molar refractivity (Wildman–Crippen MR) is 83.1 cm³/mol. The van der Waals surface area contributed by atoms with E-state index < -0.39 is 17.9 Å². The van der Waals surface area contributed by atoms with Crippen LogP contribution in [-0.4, -0.2) is 16.2 Å². The zero-order valence-electron chi connectivity index (χ0n) is 10.7. The van der Waals surface area contributed by atoms with Gasteiger partial charge in [0.15, 0.2) is 0 Å². The number of benzene rings is 1. The number of aromatic amines is 1. The van der Waals surface area contributed by atoms with Crippen LogP contribution in [0.2, 0.25) is 5.02 Å². The average molecular weight is 325 g/mol. The van der Waals surface area contributed by atoms with Gasteiger partial charge in [-0.05, 0) is 17.7 Å². The van der Waals surface area contributed by atoms with Crippen LogP contribution in [0.15, 0.2) is 39.2 Å². The molecule has 0 amide bonds. The van der Waals surface area contributed by atoms with Gasteiger partial charge in [-0.1, -0.05) is 23.7 Å². The molecule has 108 valence electrons. The molecule has 0 aliphatic heterocycles. The van der Waals surface area contributed by atoms with E-state index in [1.165, 1.54) is 11.3 Å². The zero-order valence-corrected chi connectivity index (χ0v) is 12.3. The highest BCUT2D eigenvalue weighted by Crippen LogP contribution is 2.30. The molecule has 0 saturated heterocycles. The lowest BCUT2D eigenvalue weighted by Gasteiger charge is -2.03. The summed E-state index contributed by atoms with van der Waals surface area (Å²) in [4.78, 5) is 27.3. The topological polar surface area (TPSA) is 54.9 Å². The molecule has 0 atom stereocenters. The maximum atomic E-state index is 12.5. The third-order valence-electron chi connectivity index (χ3n) is 3.18. The number of halogens is 2. The van der Waals surface area contributed by atoms with Crippen molar-refractivity contribution in [1.82, 2.24) is 9.55 Å². The molecule has 0 aliphatic rings. The summed E-state index contributed by atoms with van der Waals surface area (Å²) in [5.41, 5.74) is 0.467. The van der Waals surface area contributed by atoms with Crippen molar-refractivity contribution in [2.75, 3.05) is 6.67 Å². The smallest absolute Gasteiger partial charge is 0.298 e. The lowest BCUT2D eigenvalue weighted by atomic mass is 10.1.